The second kappa shape index (κ2) is 17.7. The molecule has 0 aliphatic rings. The Morgan fingerprint density at radius 1 is 0.509 bits per heavy atom. The van der Waals surface area contributed by atoms with Crippen molar-refractivity contribution in [1.29, 1.82) is 0 Å². The molecule has 5 N–H and O–H groups in total. The first-order chi connectivity index (χ1) is 25.5. The van der Waals surface area contributed by atoms with Gasteiger partial charge in [-0.2, -0.15) is 8.42 Å². The summed E-state index contributed by atoms with van der Waals surface area (Å²) in [5, 5.41) is 12.5. The molecule has 0 radical (unpaired) electrons. The Hall–Kier alpha value is -6.37. The molecule has 6 aromatic rings. The molecule has 6 rings (SSSR count). The number of pyridine rings is 2. The van der Waals surface area contributed by atoms with Crippen LogP contribution in [0.15, 0.2) is 151 Å². The van der Waals surface area contributed by atoms with E-state index in [1.807, 2.05) is 105 Å². The Kier molecular flexibility index (Phi) is 12.7. The molecule has 0 bridgehead atoms. The van der Waals surface area contributed by atoms with Gasteiger partial charge in [0.05, 0.1) is 16.3 Å². The second-order valence-corrected chi connectivity index (χ2v) is 13.4. The fourth-order valence-corrected chi connectivity index (χ4v) is 5.48. The van der Waals surface area contributed by atoms with Crippen molar-refractivity contribution in [3.8, 4) is 0 Å². The smallest absolute Gasteiger partial charge is 0.294 e. The zero-order valence-electron chi connectivity index (χ0n) is 29.7. The molecule has 12 heteroatoms. The molecule has 0 fully saturated rings. The molecule has 0 saturated carbocycles. The standard InChI is InChI=1S/C34H32N6O2.C7H8O3S/c1-3-39-21-17-31(18-22-39)35-27-9-13-29(14-10-27)37-33(41)25-5-7-26(8-6-25)34(42)38-30-15-11-28(12-16-30)36-32-19-23-40(4-2)24-20-32;1-6-2-4-7(5-3-6)11(8,9)10/h5-24H,3-4H2,1-2H3,(H2,37,38,41,42);2-5H,1H3,(H,8,9,10)/p+2. The van der Waals surface area contributed by atoms with E-state index in [0.29, 0.717) is 22.5 Å². The highest BCUT2D eigenvalue weighted by atomic mass is 32.2. The fourth-order valence-electron chi connectivity index (χ4n) is 5.00. The lowest BCUT2D eigenvalue weighted by Gasteiger charge is -2.10. The number of benzene rings is 4. The number of rotatable bonds is 11. The van der Waals surface area contributed by atoms with E-state index >= 15 is 0 Å². The molecule has 0 spiro atoms. The minimum Gasteiger partial charge on any atom is -0.355 e. The zero-order chi connectivity index (χ0) is 37.8. The predicted molar refractivity (Wildman–Crippen MR) is 207 cm³/mol. The van der Waals surface area contributed by atoms with Gasteiger partial charge in [0.2, 0.25) is 0 Å². The maximum absolute atomic E-state index is 12.8. The molecule has 53 heavy (non-hydrogen) atoms. The van der Waals surface area contributed by atoms with Crippen LogP contribution in [0.25, 0.3) is 0 Å². The highest BCUT2D eigenvalue weighted by molar-refractivity contribution is 7.85. The van der Waals surface area contributed by atoms with Gasteiger partial charge in [0.1, 0.15) is 13.1 Å². The second-order valence-electron chi connectivity index (χ2n) is 12.0. The van der Waals surface area contributed by atoms with Gasteiger partial charge < -0.3 is 21.3 Å². The number of amides is 2. The van der Waals surface area contributed by atoms with Crippen LogP contribution in [-0.4, -0.2) is 24.8 Å². The van der Waals surface area contributed by atoms with Crippen LogP contribution in [0.1, 0.15) is 40.1 Å². The summed E-state index contributed by atoms with van der Waals surface area (Å²) in [6.07, 6.45) is 8.09. The number of hydrogen-bond donors (Lipinski definition) is 5. The lowest BCUT2D eigenvalue weighted by molar-refractivity contribution is -0.693. The van der Waals surface area contributed by atoms with Crippen molar-refractivity contribution >= 4 is 56.1 Å². The molecule has 4 aromatic carbocycles. The van der Waals surface area contributed by atoms with E-state index < -0.39 is 10.1 Å². The van der Waals surface area contributed by atoms with E-state index in [0.717, 1.165) is 41.4 Å². The molecule has 2 aromatic heterocycles. The van der Waals surface area contributed by atoms with E-state index in [2.05, 4.69) is 44.2 Å². The van der Waals surface area contributed by atoms with E-state index in [1.54, 1.807) is 36.4 Å². The van der Waals surface area contributed by atoms with Crippen molar-refractivity contribution in [3.05, 3.63) is 163 Å². The molecular weight excluding hydrogens is 689 g/mol. The van der Waals surface area contributed by atoms with Crippen LogP contribution in [0.4, 0.5) is 34.1 Å². The average molecular weight is 731 g/mol. The Bertz CT molecular complexity index is 2100. The molecule has 0 saturated heterocycles. The Balaban J connectivity index is 0.000000422. The van der Waals surface area contributed by atoms with Gasteiger partial charge in [-0.3, -0.25) is 14.1 Å². The Morgan fingerprint density at radius 3 is 1.15 bits per heavy atom. The van der Waals surface area contributed by atoms with Crippen molar-refractivity contribution < 1.29 is 31.7 Å². The van der Waals surface area contributed by atoms with Crippen LogP contribution < -0.4 is 30.4 Å². The Morgan fingerprint density at radius 2 is 0.830 bits per heavy atom. The first-order valence-electron chi connectivity index (χ1n) is 17.0. The number of carbonyl (C=O) groups is 2. The van der Waals surface area contributed by atoms with Gasteiger partial charge in [-0.15, -0.1) is 0 Å². The third kappa shape index (κ3) is 11.3. The minimum atomic E-state index is -4.02. The first-order valence-corrected chi connectivity index (χ1v) is 18.4. The van der Waals surface area contributed by atoms with E-state index in [9.17, 15) is 18.0 Å². The van der Waals surface area contributed by atoms with Crippen LogP contribution in [-0.2, 0) is 23.2 Å². The number of aromatic nitrogens is 2. The number of hydrogen-bond acceptors (Lipinski definition) is 6. The summed E-state index contributed by atoms with van der Waals surface area (Å²) in [5.74, 6) is -0.498. The largest absolute Gasteiger partial charge is 0.355 e. The molecule has 2 amide bonds. The number of carbonyl (C=O) groups excluding carboxylic acids is 2. The van der Waals surface area contributed by atoms with Crippen molar-refractivity contribution in [3.63, 3.8) is 0 Å². The predicted octanol–water partition coefficient (Wildman–Crippen LogP) is 7.53. The molecule has 270 valence electrons. The maximum atomic E-state index is 12.8. The third-order valence-corrected chi connectivity index (χ3v) is 8.97. The van der Waals surface area contributed by atoms with Crippen molar-refractivity contribution in [2.45, 2.75) is 38.8 Å². The number of nitrogens with zero attached hydrogens (tertiary/aromatic N) is 2. The van der Waals surface area contributed by atoms with Crippen LogP contribution >= 0.6 is 0 Å². The van der Waals surface area contributed by atoms with Crippen LogP contribution in [0.3, 0.4) is 0 Å². The molecule has 0 atom stereocenters. The summed E-state index contributed by atoms with van der Waals surface area (Å²) in [6, 6.07) is 35.7. The quantitative estimate of drug-likeness (QED) is 0.0685. The SMILES string of the molecule is CC[n+]1ccc(Nc2ccc(NC(=O)c3ccc(C(=O)Nc4ccc(Nc5cc[n+](CC)cc5)cc4)cc3)cc2)cc1.Cc1ccc(S(=O)(=O)O)cc1. The number of nitrogens with one attached hydrogen (secondary N) is 4. The van der Waals surface area contributed by atoms with Crippen molar-refractivity contribution in [1.82, 2.24) is 0 Å². The van der Waals surface area contributed by atoms with Gasteiger partial charge in [-0.1, -0.05) is 17.7 Å². The molecule has 0 unspecified atom stereocenters. The van der Waals surface area contributed by atoms with Gasteiger partial charge in [0.15, 0.2) is 24.8 Å². The third-order valence-electron chi connectivity index (χ3n) is 8.10. The summed E-state index contributed by atoms with van der Waals surface area (Å²) < 4.78 is 33.7. The van der Waals surface area contributed by atoms with Crippen molar-refractivity contribution in [2.75, 3.05) is 21.3 Å². The summed E-state index contributed by atoms with van der Waals surface area (Å²) in [4.78, 5) is 25.5. The van der Waals surface area contributed by atoms with Crippen LogP contribution in [0.2, 0.25) is 0 Å². The van der Waals surface area contributed by atoms with E-state index in [1.165, 1.54) is 12.1 Å². The van der Waals surface area contributed by atoms with Gasteiger partial charge in [-0.05, 0) is 106 Å². The summed E-state index contributed by atoms with van der Waals surface area (Å²) in [5.41, 5.74) is 7.06. The van der Waals surface area contributed by atoms with Gasteiger partial charge in [-0.25, -0.2) is 9.13 Å². The van der Waals surface area contributed by atoms with E-state index in [-0.39, 0.29) is 16.7 Å². The Labute approximate surface area is 309 Å². The highest BCUT2D eigenvalue weighted by Gasteiger charge is 2.11. The fraction of sp³-hybridized carbons (Fsp3) is 0.122. The first kappa shape index (κ1) is 37.9. The minimum absolute atomic E-state index is 0.0666. The lowest BCUT2D eigenvalue weighted by atomic mass is 10.1. The van der Waals surface area contributed by atoms with E-state index in [4.69, 9.17) is 4.55 Å². The average Bonchev–Trinajstić information content (AvgIpc) is 3.17. The van der Waals surface area contributed by atoms with Gasteiger partial charge in [0, 0.05) is 58.1 Å². The van der Waals surface area contributed by atoms with Crippen molar-refractivity contribution in [2.24, 2.45) is 0 Å². The number of aryl methyl sites for hydroxylation is 3. The summed E-state index contributed by atoms with van der Waals surface area (Å²) in [6.45, 7) is 7.88. The normalized spacial score (nSPS) is 10.7. The topological polar surface area (TPSA) is 144 Å². The summed E-state index contributed by atoms with van der Waals surface area (Å²) in [7, 11) is -4.02. The van der Waals surface area contributed by atoms with Gasteiger partial charge >= 0.3 is 0 Å². The monoisotopic (exact) mass is 730 g/mol. The number of anilines is 6. The molecule has 0 aliphatic heterocycles. The molecule has 2 heterocycles. The zero-order valence-corrected chi connectivity index (χ0v) is 30.5. The molecule has 0 aliphatic carbocycles. The summed E-state index contributed by atoms with van der Waals surface area (Å²) >= 11 is 0. The lowest BCUT2D eigenvalue weighted by Crippen LogP contribution is -2.30. The maximum Gasteiger partial charge on any atom is 0.294 e. The highest BCUT2D eigenvalue weighted by Crippen LogP contribution is 2.21. The van der Waals surface area contributed by atoms with Crippen LogP contribution in [0, 0.1) is 6.92 Å². The van der Waals surface area contributed by atoms with Crippen LogP contribution in [0.5, 0.6) is 0 Å². The molecular formula is C41H42N6O5S+2. The molecule has 11 nitrogen and oxygen atoms in total. The van der Waals surface area contributed by atoms with Gasteiger partial charge in [0.25, 0.3) is 21.9 Å².